The first-order chi connectivity index (χ1) is 6.56. The number of aliphatic hydroxyl groups is 1. The van der Waals surface area contributed by atoms with Gasteiger partial charge in [0.15, 0.2) is 6.16 Å². The van der Waals surface area contributed by atoms with E-state index in [0.29, 0.717) is 12.0 Å². The monoisotopic (exact) mass is 221 g/mol. The van der Waals surface area contributed by atoms with Gasteiger partial charge in [0.2, 0.25) is 0 Å². The van der Waals surface area contributed by atoms with Crippen LogP contribution in [0.3, 0.4) is 0 Å². The summed E-state index contributed by atoms with van der Waals surface area (Å²) in [4.78, 5) is 19.4. The Kier molecular flexibility index (Phi) is 7.20. The fraction of sp³-hybridized carbons (Fsp3) is 0.625. The van der Waals surface area contributed by atoms with Crippen LogP contribution < -0.4 is 0 Å². The Bertz CT molecular complexity index is 226. The summed E-state index contributed by atoms with van der Waals surface area (Å²) in [5.41, 5.74) is 0.551. The van der Waals surface area contributed by atoms with Gasteiger partial charge in [-0.1, -0.05) is 6.58 Å². The molecule has 0 amide bonds. The molecule has 14 heavy (non-hydrogen) atoms. The van der Waals surface area contributed by atoms with Gasteiger partial charge in [0.05, 0.1) is 6.61 Å². The van der Waals surface area contributed by atoms with Crippen LogP contribution in [-0.2, 0) is 14.1 Å². The van der Waals surface area contributed by atoms with Crippen LogP contribution in [0.5, 0.6) is 0 Å². The van der Waals surface area contributed by atoms with Crippen molar-refractivity contribution in [2.75, 3.05) is 19.4 Å². The second-order valence-electron chi connectivity index (χ2n) is 2.70. The molecule has 0 aromatic carbocycles. The maximum Gasteiger partial charge on any atom is 0.509 e. The Balaban J connectivity index is 3.56. The van der Waals surface area contributed by atoms with E-state index in [2.05, 4.69) is 11.3 Å². The summed E-state index contributed by atoms with van der Waals surface area (Å²) in [6.07, 6.45) is 0.483. The van der Waals surface area contributed by atoms with Crippen LogP contribution in [0.25, 0.3) is 0 Å². The highest BCUT2D eigenvalue weighted by atomic mass is 31.1. The fourth-order valence-electron chi connectivity index (χ4n) is 0.781. The molecule has 0 heterocycles. The van der Waals surface area contributed by atoms with Gasteiger partial charge in [-0.3, -0.25) is 4.79 Å². The number of ether oxygens (including phenoxy) is 1. The summed E-state index contributed by atoms with van der Waals surface area (Å²) in [5, 5.41) is 8.34. The number of carbonyl (C=O) groups is 1. The summed E-state index contributed by atoms with van der Waals surface area (Å²) in [6.45, 7) is 3.33. The van der Waals surface area contributed by atoms with Gasteiger partial charge in [-0.2, -0.15) is 4.89 Å². The lowest BCUT2D eigenvalue weighted by Crippen LogP contribution is -2.08. The van der Waals surface area contributed by atoms with Crippen molar-refractivity contribution in [3.05, 3.63) is 12.2 Å². The minimum Gasteiger partial charge on any atom is -0.463 e. The lowest BCUT2D eigenvalue weighted by molar-refractivity contribution is -0.144. The average Bonchev–Trinajstić information content (AvgIpc) is 2.10. The number of hydrogen-bond donors (Lipinski definition) is 2. The molecule has 0 fully saturated rings. The van der Waals surface area contributed by atoms with Crippen molar-refractivity contribution in [2.45, 2.75) is 12.8 Å². The Hall–Kier alpha value is -0.770. The first-order valence-electron chi connectivity index (χ1n) is 4.13. The van der Waals surface area contributed by atoms with Crippen molar-refractivity contribution in [3.63, 3.8) is 0 Å². The summed E-state index contributed by atoms with van der Waals surface area (Å²) >= 11 is 0. The first-order valence-corrected chi connectivity index (χ1v) is 5.52. The Labute approximate surface area is 83.3 Å². The zero-order valence-electron chi connectivity index (χ0n) is 7.81. The molecule has 0 spiro atoms. The van der Waals surface area contributed by atoms with Gasteiger partial charge >= 0.3 is 14.0 Å². The highest BCUT2D eigenvalue weighted by Gasteiger charge is 2.13. The Morgan fingerprint density at radius 3 is 2.57 bits per heavy atom. The lowest BCUT2D eigenvalue weighted by atomic mass is 10.2. The molecule has 0 radical (unpaired) electrons. The quantitative estimate of drug-likeness (QED) is 0.373. The molecular formula is C8H14O5P+. The number of carbonyl (C=O) groups excluding carboxylic acids is 1. The van der Waals surface area contributed by atoms with Crippen molar-refractivity contribution in [1.82, 2.24) is 0 Å². The van der Waals surface area contributed by atoms with Gasteiger partial charge in [0, 0.05) is 6.42 Å². The first kappa shape index (κ1) is 13.2. The number of rotatable bonds is 7. The molecule has 5 nitrogen and oxygen atoms in total. The SMILES string of the molecule is C=C(CCC(=O)OCCO)C[P+](=O)O. The molecule has 1 atom stereocenters. The second-order valence-corrected chi connectivity index (χ2v) is 3.72. The van der Waals surface area contributed by atoms with Gasteiger partial charge < -0.3 is 9.84 Å². The summed E-state index contributed by atoms with van der Waals surface area (Å²) < 4.78 is 14.9. The van der Waals surface area contributed by atoms with Gasteiger partial charge in [-0.15, -0.1) is 0 Å². The highest BCUT2D eigenvalue weighted by Crippen LogP contribution is 2.19. The standard InChI is InChI=1S/C8H13O5P/c1-7(6-14(11)12)2-3-8(10)13-5-4-9/h9H,1-6H2/p+1. The van der Waals surface area contributed by atoms with Gasteiger partial charge in [-0.05, 0) is 16.6 Å². The zero-order chi connectivity index (χ0) is 11.0. The zero-order valence-corrected chi connectivity index (χ0v) is 8.70. The van der Waals surface area contributed by atoms with E-state index in [1.807, 2.05) is 0 Å². The smallest absolute Gasteiger partial charge is 0.463 e. The third kappa shape index (κ3) is 7.86. The van der Waals surface area contributed by atoms with Crippen LogP contribution in [0.1, 0.15) is 12.8 Å². The lowest BCUT2D eigenvalue weighted by Gasteiger charge is -2.01. The topological polar surface area (TPSA) is 83.8 Å². The Morgan fingerprint density at radius 1 is 1.43 bits per heavy atom. The van der Waals surface area contributed by atoms with E-state index < -0.39 is 14.0 Å². The predicted molar refractivity (Wildman–Crippen MR) is 51.1 cm³/mol. The predicted octanol–water partition coefficient (Wildman–Crippen LogP) is 0.593. The fourth-order valence-corrected chi connectivity index (χ4v) is 1.32. The maximum absolute atomic E-state index is 10.9. The number of hydrogen-bond acceptors (Lipinski definition) is 4. The van der Waals surface area contributed by atoms with E-state index in [1.54, 1.807) is 0 Å². The van der Waals surface area contributed by atoms with Crippen LogP contribution in [0.2, 0.25) is 0 Å². The molecule has 0 aliphatic rings. The van der Waals surface area contributed by atoms with Crippen molar-refractivity contribution < 1.29 is 24.1 Å². The third-order valence-corrected chi connectivity index (χ3v) is 2.11. The van der Waals surface area contributed by atoms with E-state index in [0.717, 1.165) is 0 Å². The van der Waals surface area contributed by atoms with E-state index >= 15 is 0 Å². The molecule has 0 saturated carbocycles. The average molecular weight is 221 g/mol. The van der Waals surface area contributed by atoms with Crippen LogP contribution in [-0.4, -0.2) is 35.3 Å². The van der Waals surface area contributed by atoms with Crippen molar-refractivity contribution in [2.24, 2.45) is 0 Å². The van der Waals surface area contributed by atoms with E-state index in [4.69, 9.17) is 10.00 Å². The number of esters is 1. The molecule has 0 aliphatic heterocycles. The molecule has 0 bridgehead atoms. The maximum atomic E-state index is 10.9. The van der Waals surface area contributed by atoms with E-state index in [9.17, 15) is 9.36 Å². The molecule has 0 saturated heterocycles. The van der Waals surface area contributed by atoms with Crippen LogP contribution in [0, 0.1) is 0 Å². The molecule has 0 rings (SSSR count). The third-order valence-electron chi connectivity index (χ3n) is 1.40. The largest absolute Gasteiger partial charge is 0.509 e. The molecule has 0 aliphatic carbocycles. The molecular weight excluding hydrogens is 207 g/mol. The van der Waals surface area contributed by atoms with Crippen LogP contribution in [0.4, 0.5) is 0 Å². The molecule has 6 heteroatoms. The number of aliphatic hydroxyl groups excluding tert-OH is 1. The van der Waals surface area contributed by atoms with Crippen molar-refractivity contribution >= 4 is 14.0 Å². The number of allylic oxidation sites excluding steroid dienone is 1. The second kappa shape index (κ2) is 7.62. The normalized spacial score (nSPS) is 10.9. The summed E-state index contributed by atoms with van der Waals surface area (Å²) in [6, 6.07) is 0. The van der Waals surface area contributed by atoms with Crippen molar-refractivity contribution in [3.8, 4) is 0 Å². The minimum absolute atomic E-state index is 0.0143. The summed E-state index contributed by atoms with van der Waals surface area (Å²) in [5.74, 6) is -0.437. The summed E-state index contributed by atoms with van der Waals surface area (Å²) in [7, 11) is -2.22. The minimum atomic E-state index is -2.22. The molecule has 1 unspecified atom stereocenters. The Morgan fingerprint density at radius 2 is 2.07 bits per heavy atom. The van der Waals surface area contributed by atoms with E-state index in [-0.39, 0.29) is 25.8 Å². The van der Waals surface area contributed by atoms with Gasteiger partial charge in [0.25, 0.3) is 0 Å². The van der Waals surface area contributed by atoms with Gasteiger partial charge in [0.1, 0.15) is 6.61 Å². The molecule has 80 valence electrons. The van der Waals surface area contributed by atoms with Gasteiger partial charge in [-0.25, -0.2) is 0 Å². The van der Waals surface area contributed by atoms with Crippen LogP contribution in [0.15, 0.2) is 12.2 Å². The molecule has 0 aromatic heterocycles. The van der Waals surface area contributed by atoms with Crippen molar-refractivity contribution in [1.29, 1.82) is 0 Å². The highest BCUT2D eigenvalue weighted by molar-refractivity contribution is 7.38. The molecule has 2 N–H and O–H groups in total. The van der Waals surface area contributed by atoms with Crippen LogP contribution >= 0.6 is 8.03 Å². The molecule has 0 aromatic rings. The van der Waals surface area contributed by atoms with E-state index in [1.165, 1.54) is 0 Å².